The third-order valence-electron chi connectivity index (χ3n) is 1.40. The van der Waals surface area contributed by atoms with Gasteiger partial charge in [-0.15, -0.1) is 0 Å². The normalized spacial score (nSPS) is 9.00. The lowest BCUT2D eigenvalue weighted by Crippen LogP contribution is -1.82. The van der Waals surface area contributed by atoms with Crippen LogP contribution < -0.4 is 0 Å². The fraction of sp³-hybridized carbons (Fsp3) is 0.182. The quantitative estimate of drug-likeness (QED) is 0.659. The maximum Gasteiger partial charge on any atom is 0.186 e. The molecule has 0 spiro atoms. The van der Waals surface area contributed by atoms with Crippen molar-refractivity contribution in [3.63, 3.8) is 0 Å². The molecular weight excluding hydrogens is 199 g/mol. The minimum Gasteiger partial charge on any atom is -0.288 e. The zero-order chi connectivity index (χ0) is 10.4. The summed E-state index contributed by atoms with van der Waals surface area (Å²) in [6, 6.07) is 6.08. The van der Waals surface area contributed by atoms with Crippen molar-refractivity contribution in [3.05, 3.63) is 35.6 Å². The summed E-state index contributed by atoms with van der Waals surface area (Å²) in [6.45, 7) is 1.49. The van der Waals surface area contributed by atoms with Crippen molar-refractivity contribution in [2.75, 3.05) is 5.75 Å². The molecule has 0 aromatic heterocycles. The number of carbonyl (C=O) groups excluding carboxylic acids is 1. The molecule has 1 aromatic carbocycles. The standard InChI is InChI=1S/C11H9FOS/c1-9(13)14-7-3-5-10-4-2-6-11(12)8-10/h2,4,6,8H,7H2,1H3. The monoisotopic (exact) mass is 208 g/mol. The minimum atomic E-state index is -0.295. The fourth-order valence-electron chi connectivity index (χ4n) is 0.842. The Bertz CT molecular complexity index is 390. The van der Waals surface area contributed by atoms with E-state index in [1.165, 1.54) is 19.1 Å². The molecule has 72 valence electrons. The second-order valence-corrected chi connectivity index (χ2v) is 3.74. The van der Waals surface area contributed by atoms with Crippen LogP contribution in [0.2, 0.25) is 0 Å². The molecule has 0 heterocycles. The van der Waals surface area contributed by atoms with E-state index < -0.39 is 0 Å². The molecule has 0 fully saturated rings. The first-order valence-corrected chi connectivity index (χ1v) is 5.05. The second kappa shape index (κ2) is 5.46. The van der Waals surface area contributed by atoms with Crippen molar-refractivity contribution in [2.24, 2.45) is 0 Å². The molecule has 14 heavy (non-hydrogen) atoms. The molecule has 0 amide bonds. The summed E-state index contributed by atoms with van der Waals surface area (Å²) < 4.78 is 12.7. The fourth-order valence-corrected chi connectivity index (χ4v) is 1.19. The van der Waals surface area contributed by atoms with E-state index in [2.05, 4.69) is 11.8 Å². The molecule has 0 radical (unpaired) electrons. The van der Waals surface area contributed by atoms with Crippen LogP contribution >= 0.6 is 11.8 Å². The van der Waals surface area contributed by atoms with Gasteiger partial charge >= 0.3 is 0 Å². The van der Waals surface area contributed by atoms with E-state index in [1.54, 1.807) is 12.1 Å². The predicted molar refractivity (Wildman–Crippen MR) is 56.4 cm³/mol. The molecule has 1 nitrogen and oxygen atoms in total. The van der Waals surface area contributed by atoms with Crippen LogP contribution in [0.25, 0.3) is 0 Å². The number of carbonyl (C=O) groups is 1. The largest absolute Gasteiger partial charge is 0.288 e. The van der Waals surface area contributed by atoms with E-state index in [1.807, 2.05) is 0 Å². The first kappa shape index (κ1) is 10.8. The summed E-state index contributed by atoms with van der Waals surface area (Å²) >= 11 is 1.15. The molecule has 0 aliphatic heterocycles. The zero-order valence-corrected chi connectivity index (χ0v) is 8.53. The maximum atomic E-state index is 12.7. The highest BCUT2D eigenvalue weighted by atomic mass is 32.2. The Hall–Kier alpha value is -1.27. The topological polar surface area (TPSA) is 17.1 Å². The predicted octanol–water partition coefficient (Wildman–Crippen LogP) is 2.46. The second-order valence-electron chi connectivity index (χ2n) is 2.59. The number of benzene rings is 1. The van der Waals surface area contributed by atoms with Gasteiger partial charge in [0.05, 0.1) is 5.75 Å². The van der Waals surface area contributed by atoms with Crippen molar-refractivity contribution >= 4 is 16.9 Å². The third-order valence-corrected chi connectivity index (χ3v) is 2.10. The lowest BCUT2D eigenvalue weighted by molar-refractivity contribution is -0.109. The Morgan fingerprint density at radius 1 is 1.57 bits per heavy atom. The van der Waals surface area contributed by atoms with Crippen LogP contribution in [0.1, 0.15) is 12.5 Å². The molecular formula is C11H9FOS. The van der Waals surface area contributed by atoms with Crippen LogP contribution in [0.5, 0.6) is 0 Å². The van der Waals surface area contributed by atoms with E-state index in [4.69, 9.17) is 0 Å². The lowest BCUT2D eigenvalue weighted by atomic mass is 10.2. The van der Waals surface area contributed by atoms with Gasteiger partial charge in [0, 0.05) is 12.5 Å². The molecule has 1 aromatic rings. The third kappa shape index (κ3) is 4.11. The summed E-state index contributed by atoms with van der Waals surface area (Å²) in [5, 5.41) is 0.0403. The maximum absolute atomic E-state index is 12.7. The molecule has 0 N–H and O–H groups in total. The SMILES string of the molecule is CC(=O)SCC#Cc1cccc(F)c1. The highest BCUT2D eigenvalue weighted by Gasteiger charge is 1.91. The number of rotatable bonds is 1. The Kier molecular flexibility index (Phi) is 4.21. The van der Waals surface area contributed by atoms with Crippen molar-refractivity contribution < 1.29 is 9.18 Å². The van der Waals surface area contributed by atoms with Crippen LogP contribution in [-0.2, 0) is 4.79 Å². The van der Waals surface area contributed by atoms with Crippen LogP contribution in [-0.4, -0.2) is 10.9 Å². The molecule has 1 rings (SSSR count). The van der Waals surface area contributed by atoms with E-state index in [-0.39, 0.29) is 10.9 Å². The van der Waals surface area contributed by atoms with Crippen molar-refractivity contribution in [1.29, 1.82) is 0 Å². The van der Waals surface area contributed by atoms with Crippen molar-refractivity contribution in [2.45, 2.75) is 6.92 Å². The number of thioether (sulfide) groups is 1. The van der Waals surface area contributed by atoms with Crippen LogP contribution in [0.3, 0.4) is 0 Å². The number of hydrogen-bond acceptors (Lipinski definition) is 2. The van der Waals surface area contributed by atoms with E-state index in [0.717, 1.165) is 11.8 Å². The molecule has 0 atom stereocenters. The molecule has 0 bridgehead atoms. The van der Waals surface area contributed by atoms with Gasteiger partial charge in [-0.3, -0.25) is 4.79 Å². The summed E-state index contributed by atoms with van der Waals surface area (Å²) in [7, 11) is 0. The van der Waals surface area contributed by atoms with Crippen molar-refractivity contribution in [3.8, 4) is 11.8 Å². The average Bonchev–Trinajstić information content (AvgIpc) is 2.12. The zero-order valence-electron chi connectivity index (χ0n) is 7.71. The Morgan fingerprint density at radius 2 is 2.36 bits per heavy atom. The van der Waals surface area contributed by atoms with Gasteiger partial charge in [0.15, 0.2) is 5.12 Å². The molecule has 0 saturated heterocycles. The highest BCUT2D eigenvalue weighted by molar-refractivity contribution is 8.13. The van der Waals surface area contributed by atoms with Crippen molar-refractivity contribution in [1.82, 2.24) is 0 Å². The van der Waals surface area contributed by atoms with Crippen LogP contribution in [0.15, 0.2) is 24.3 Å². The lowest BCUT2D eigenvalue weighted by Gasteiger charge is -1.89. The number of halogens is 1. The Labute approximate surface area is 86.7 Å². The highest BCUT2D eigenvalue weighted by Crippen LogP contribution is 2.02. The average molecular weight is 208 g/mol. The van der Waals surface area contributed by atoms with Crippen LogP contribution in [0, 0.1) is 17.7 Å². The summed E-state index contributed by atoms with van der Waals surface area (Å²) in [6.07, 6.45) is 0. The summed E-state index contributed by atoms with van der Waals surface area (Å²) in [5.74, 6) is 5.72. The van der Waals surface area contributed by atoms with Gasteiger partial charge in [0.25, 0.3) is 0 Å². The summed E-state index contributed by atoms with van der Waals surface area (Å²) in [4.78, 5) is 10.5. The van der Waals surface area contributed by atoms with E-state index in [9.17, 15) is 9.18 Å². The van der Waals surface area contributed by atoms with Gasteiger partial charge in [-0.05, 0) is 18.2 Å². The van der Waals surface area contributed by atoms with Gasteiger partial charge < -0.3 is 0 Å². The van der Waals surface area contributed by atoms with E-state index >= 15 is 0 Å². The van der Waals surface area contributed by atoms with Gasteiger partial charge in [-0.1, -0.05) is 29.7 Å². The van der Waals surface area contributed by atoms with Gasteiger partial charge in [0.2, 0.25) is 0 Å². The minimum absolute atomic E-state index is 0.0403. The number of hydrogen-bond donors (Lipinski definition) is 0. The smallest absolute Gasteiger partial charge is 0.186 e. The van der Waals surface area contributed by atoms with Gasteiger partial charge in [-0.25, -0.2) is 4.39 Å². The van der Waals surface area contributed by atoms with E-state index in [0.29, 0.717) is 11.3 Å². The van der Waals surface area contributed by atoms with Gasteiger partial charge in [0.1, 0.15) is 5.82 Å². The first-order valence-electron chi connectivity index (χ1n) is 4.06. The Balaban J connectivity index is 2.55. The molecule has 0 aliphatic rings. The molecule has 0 unspecified atom stereocenters. The molecule has 0 aliphatic carbocycles. The molecule has 3 heteroatoms. The first-order chi connectivity index (χ1) is 6.68. The Morgan fingerprint density at radius 3 is 3.00 bits per heavy atom. The van der Waals surface area contributed by atoms with Crippen LogP contribution in [0.4, 0.5) is 4.39 Å². The summed E-state index contributed by atoms with van der Waals surface area (Å²) in [5.41, 5.74) is 0.633. The molecule has 0 saturated carbocycles. The van der Waals surface area contributed by atoms with Gasteiger partial charge in [-0.2, -0.15) is 0 Å².